The lowest BCUT2D eigenvalue weighted by Gasteiger charge is -2.21. The molecule has 0 bridgehead atoms. The third-order valence-corrected chi connectivity index (χ3v) is 6.23. The molecule has 0 amide bonds. The van der Waals surface area contributed by atoms with Gasteiger partial charge in [-0.25, -0.2) is 13.4 Å². The number of nitrogens with zero attached hydrogens (tertiary/aromatic N) is 3. The average Bonchev–Trinajstić information content (AvgIpc) is 3.02. The summed E-state index contributed by atoms with van der Waals surface area (Å²) in [4.78, 5) is 4.75. The molecule has 2 aromatic rings. The first-order valence-electron chi connectivity index (χ1n) is 6.78. The number of nitrogen functional groups attached to an aromatic ring is 1. The maximum Gasteiger partial charge on any atom is 0.263 e. The van der Waals surface area contributed by atoms with Crippen LogP contribution in [-0.2, 0) is 10.0 Å². The van der Waals surface area contributed by atoms with Crippen molar-refractivity contribution in [2.24, 2.45) is 0 Å². The molecule has 2 N–H and O–H groups in total. The van der Waals surface area contributed by atoms with Gasteiger partial charge in [0.05, 0.1) is 0 Å². The van der Waals surface area contributed by atoms with E-state index in [-0.39, 0.29) is 16.9 Å². The molecule has 2 heterocycles. The van der Waals surface area contributed by atoms with Crippen molar-refractivity contribution in [3.8, 4) is 0 Å². The van der Waals surface area contributed by atoms with E-state index in [9.17, 15) is 8.42 Å². The van der Waals surface area contributed by atoms with Gasteiger partial charge in [0, 0.05) is 24.2 Å². The molecule has 1 fully saturated rings. The first kappa shape index (κ1) is 13.8. The van der Waals surface area contributed by atoms with Gasteiger partial charge in [0.25, 0.3) is 10.0 Å². The number of unbranched alkanes of at least 4 members (excludes halogenated alkanes) is 1. The van der Waals surface area contributed by atoms with E-state index >= 15 is 0 Å². The van der Waals surface area contributed by atoms with Crippen LogP contribution in [0.25, 0.3) is 4.96 Å². The van der Waals surface area contributed by atoms with Gasteiger partial charge in [0.1, 0.15) is 0 Å². The molecule has 110 valence electrons. The standard InChI is InChI=1S/C12H18N4O2S2/c1-2-3-6-16(9-4-5-9)20(17,18)11-10(13)14-12-15(11)7-8-19-12/h7-9H,2-6,13H2,1H3. The van der Waals surface area contributed by atoms with Gasteiger partial charge in [-0.05, 0) is 19.3 Å². The van der Waals surface area contributed by atoms with Gasteiger partial charge in [-0.15, -0.1) is 11.3 Å². The lowest BCUT2D eigenvalue weighted by molar-refractivity contribution is 0.394. The Labute approximate surface area is 122 Å². The molecule has 6 nitrogen and oxygen atoms in total. The van der Waals surface area contributed by atoms with E-state index in [2.05, 4.69) is 11.9 Å². The summed E-state index contributed by atoms with van der Waals surface area (Å²) in [6.45, 7) is 2.61. The molecule has 0 unspecified atom stereocenters. The SMILES string of the molecule is CCCCN(C1CC1)S(=O)(=O)c1c(N)nc2sccn12. The van der Waals surface area contributed by atoms with E-state index < -0.39 is 10.0 Å². The van der Waals surface area contributed by atoms with Gasteiger partial charge in [0.15, 0.2) is 15.8 Å². The number of thiazole rings is 1. The third kappa shape index (κ3) is 2.21. The molecule has 0 atom stereocenters. The van der Waals surface area contributed by atoms with Crippen molar-refractivity contribution in [1.29, 1.82) is 0 Å². The predicted molar refractivity (Wildman–Crippen MR) is 79.3 cm³/mol. The summed E-state index contributed by atoms with van der Waals surface area (Å²) >= 11 is 1.38. The Bertz CT molecular complexity index is 715. The number of rotatable bonds is 6. The first-order valence-corrected chi connectivity index (χ1v) is 9.10. The Morgan fingerprint density at radius 2 is 2.30 bits per heavy atom. The van der Waals surface area contributed by atoms with Crippen LogP contribution in [0, 0.1) is 0 Å². The number of nitrogens with two attached hydrogens (primary N) is 1. The number of imidazole rings is 1. The number of aromatic nitrogens is 2. The molecular formula is C12H18N4O2S2. The molecule has 0 aromatic carbocycles. The van der Waals surface area contributed by atoms with Gasteiger partial charge >= 0.3 is 0 Å². The fraction of sp³-hybridized carbons (Fsp3) is 0.583. The van der Waals surface area contributed by atoms with Gasteiger partial charge in [0.2, 0.25) is 0 Å². The van der Waals surface area contributed by atoms with Crippen LogP contribution in [0.2, 0.25) is 0 Å². The van der Waals surface area contributed by atoms with E-state index in [1.54, 1.807) is 14.9 Å². The first-order chi connectivity index (χ1) is 9.55. The lowest BCUT2D eigenvalue weighted by atomic mass is 10.3. The fourth-order valence-electron chi connectivity index (χ4n) is 2.32. The molecule has 0 radical (unpaired) electrons. The van der Waals surface area contributed by atoms with Gasteiger partial charge in [-0.3, -0.25) is 4.40 Å². The lowest BCUT2D eigenvalue weighted by Crippen LogP contribution is -2.35. The highest BCUT2D eigenvalue weighted by molar-refractivity contribution is 7.89. The summed E-state index contributed by atoms with van der Waals surface area (Å²) in [5.41, 5.74) is 5.84. The Morgan fingerprint density at radius 3 is 2.95 bits per heavy atom. The maximum absolute atomic E-state index is 12.9. The molecule has 1 aliphatic rings. The van der Waals surface area contributed by atoms with Crippen molar-refractivity contribution >= 4 is 32.1 Å². The summed E-state index contributed by atoms with van der Waals surface area (Å²) in [5.74, 6) is 0.0963. The highest BCUT2D eigenvalue weighted by atomic mass is 32.2. The van der Waals surface area contributed by atoms with Gasteiger partial charge < -0.3 is 5.73 Å². The number of hydrogen-bond acceptors (Lipinski definition) is 5. The maximum atomic E-state index is 12.9. The van der Waals surface area contributed by atoms with Crippen LogP contribution < -0.4 is 5.73 Å². The Morgan fingerprint density at radius 1 is 1.55 bits per heavy atom. The average molecular weight is 314 g/mol. The van der Waals surface area contributed by atoms with Crippen LogP contribution in [0.4, 0.5) is 5.82 Å². The number of sulfonamides is 1. The molecule has 0 saturated heterocycles. The summed E-state index contributed by atoms with van der Waals surface area (Å²) in [5, 5.41) is 1.94. The van der Waals surface area contributed by atoms with E-state index in [4.69, 9.17) is 5.73 Å². The fourth-order valence-corrected chi connectivity index (χ4v) is 5.00. The Kier molecular flexibility index (Phi) is 3.47. The second-order valence-electron chi connectivity index (χ2n) is 5.06. The third-order valence-electron chi connectivity index (χ3n) is 3.48. The van der Waals surface area contributed by atoms with Gasteiger partial charge in [-0.1, -0.05) is 13.3 Å². The van der Waals surface area contributed by atoms with Crippen molar-refractivity contribution in [3.05, 3.63) is 11.6 Å². The zero-order valence-electron chi connectivity index (χ0n) is 11.3. The summed E-state index contributed by atoms with van der Waals surface area (Å²) in [7, 11) is -3.58. The molecule has 1 saturated carbocycles. The monoisotopic (exact) mass is 314 g/mol. The van der Waals surface area contributed by atoms with Crippen molar-refractivity contribution in [1.82, 2.24) is 13.7 Å². The van der Waals surface area contributed by atoms with Crippen LogP contribution in [0.15, 0.2) is 16.6 Å². The minimum Gasteiger partial charge on any atom is -0.381 e. The van der Waals surface area contributed by atoms with Crippen molar-refractivity contribution in [2.75, 3.05) is 12.3 Å². The van der Waals surface area contributed by atoms with Crippen LogP contribution >= 0.6 is 11.3 Å². The highest BCUT2D eigenvalue weighted by Crippen LogP contribution is 2.34. The Hall–Kier alpha value is -1.12. The smallest absolute Gasteiger partial charge is 0.263 e. The van der Waals surface area contributed by atoms with E-state index in [1.807, 2.05) is 5.38 Å². The molecule has 1 aliphatic carbocycles. The minimum absolute atomic E-state index is 0.0963. The molecule has 20 heavy (non-hydrogen) atoms. The van der Waals surface area contributed by atoms with Crippen LogP contribution in [-0.4, -0.2) is 34.7 Å². The largest absolute Gasteiger partial charge is 0.381 e. The molecule has 2 aromatic heterocycles. The predicted octanol–water partition coefficient (Wildman–Crippen LogP) is 1.93. The zero-order chi connectivity index (χ0) is 14.3. The summed E-state index contributed by atoms with van der Waals surface area (Å²) < 4.78 is 29.0. The van der Waals surface area contributed by atoms with Crippen molar-refractivity contribution in [2.45, 2.75) is 43.7 Å². The number of hydrogen-bond donors (Lipinski definition) is 1. The molecule has 8 heteroatoms. The summed E-state index contributed by atoms with van der Waals surface area (Å²) in [6.07, 6.45) is 5.42. The quantitative estimate of drug-likeness (QED) is 0.883. The normalized spacial score (nSPS) is 16.3. The molecular weight excluding hydrogens is 296 g/mol. The zero-order valence-corrected chi connectivity index (χ0v) is 13.0. The van der Waals surface area contributed by atoms with Crippen LogP contribution in [0.3, 0.4) is 0 Å². The Balaban J connectivity index is 2.05. The molecule has 3 rings (SSSR count). The van der Waals surface area contributed by atoms with Crippen LogP contribution in [0.1, 0.15) is 32.6 Å². The van der Waals surface area contributed by atoms with E-state index in [1.165, 1.54) is 11.3 Å². The number of anilines is 1. The minimum atomic E-state index is -3.58. The number of fused-ring (bicyclic) bond motifs is 1. The van der Waals surface area contributed by atoms with Crippen molar-refractivity contribution in [3.63, 3.8) is 0 Å². The van der Waals surface area contributed by atoms with Crippen LogP contribution in [0.5, 0.6) is 0 Å². The van der Waals surface area contributed by atoms with Crippen molar-refractivity contribution < 1.29 is 8.42 Å². The van der Waals surface area contributed by atoms with E-state index in [0.29, 0.717) is 11.5 Å². The summed E-state index contributed by atoms with van der Waals surface area (Å²) in [6, 6.07) is 0.134. The second kappa shape index (κ2) is 5.01. The molecule has 0 aliphatic heterocycles. The topological polar surface area (TPSA) is 80.7 Å². The highest BCUT2D eigenvalue weighted by Gasteiger charge is 2.40. The molecule has 0 spiro atoms. The van der Waals surface area contributed by atoms with Gasteiger partial charge in [-0.2, -0.15) is 4.31 Å². The van der Waals surface area contributed by atoms with E-state index in [0.717, 1.165) is 25.7 Å². The second-order valence-corrected chi connectivity index (χ2v) is 7.74.